The van der Waals surface area contributed by atoms with E-state index in [1.807, 2.05) is 0 Å². The highest BCUT2D eigenvalue weighted by Gasteiger charge is 2.59. The van der Waals surface area contributed by atoms with Crippen LogP contribution in [0.25, 0.3) is 0 Å². The second-order valence-electron chi connectivity index (χ2n) is 15.0. The van der Waals surface area contributed by atoms with Crippen LogP contribution >= 0.6 is 0 Å². The van der Waals surface area contributed by atoms with Crippen LogP contribution in [0.4, 0.5) is 0 Å². The predicted octanol–water partition coefficient (Wildman–Crippen LogP) is 5.21. The van der Waals surface area contributed by atoms with Crippen molar-refractivity contribution in [3.8, 4) is 0 Å². The van der Waals surface area contributed by atoms with Gasteiger partial charge in [0, 0.05) is 0 Å². The van der Waals surface area contributed by atoms with Crippen LogP contribution in [0.3, 0.4) is 0 Å². The smallest absolute Gasteiger partial charge is 0.186 e. The van der Waals surface area contributed by atoms with E-state index in [0.717, 1.165) is 54.8 Å². The van der Waals surface area contributed by atoms with E-state index in [-0.39, 0.29) is 11.5 Å². The van der Waals surface area contributed by atoms with Crippen LogP contribution in [0.5, 0.6) is 0 Å². The van der Waals surface area contributed by atoms with Crippen molar-refractivity contribution < 1.29 is 29.9 Å². The van der Waals surface area contributed by atoms with Crippen LogP contribution in [0.2, 0.25) is 0 Å². The van der Waals surface area contributed by atoms with Crippen molar-refractivity contribution in [3.63, 3.8) is 0 Å². The molecule has 0 spiro atoms. The monoisotopic (exact) mass is 548 g/mol. The van der Waals surface area contributed by atoms with E-state index in [4.69, 9.17) is 9.47 Å². The normalized spacial score (nSPS) is 48.7. The number of allylic oxidation sites excluding steroid dienone is 1. The van der Waals surface area contributed by atoms with Crippen molar-refractivity contribution in [2.75, 3.05) is 6.61 Å². The third kappa shape index (κ3) is 5.41. The molecule has 1 heterocycles. The van der Waals surface area contributed by atoms with Gasteiger partial charge < -0.3 is 29.9 Å². The number of fused-ring (bicyclic) bond motifs is 5. The van der Waals surface area contributed by atoms with Gasteiger partial charge in [-0.05, 0) is 97.7 Å². The standard InChI is InChI=1S/C33H56O6/c1-19(2)7-6-8-20(3)24-11-12-25-23-10-9-21-17-22(13-15-32(21,4)26(23)14-16-33(24,25)5)38-31-30(37)29(36)28(35)27(18-34)39-31/h9,19-20,22-31,34-37H,6-8,10-18H2,1-5H3/t20-,22?,23+,24-,25+,26+,27-,28+,29+,30-,31?,32+,33-/m1/s1. The Morgan fingerprint density at radius 2 is 1.72 bits per heavy atom. The van der Waals surface area contributed by atoms with Gasteiger partial charge in [-0.1, -0.05) is 65.5 Å². The van der Waals surface area contributed by atoms with E-state index in [1.54, 1.807) is 0 Å². The fourth-order valence-corrected chi connectivity index (χ4v) is 10.1. The molecule has 0 bridgehead atoms. The first-order valence-electron chi connectivity index (χ1n) is 16.1. The summed E-state index contributed by atoms with van der Waals surface area (Å²) in [5, 5.41) is 40.3. The Morgan fingerprint density at radius 3 is 2.44 bits per heavy atom. The van der Waals surface area contributed by atoms with Gasteiger partial charge in [0.25, 0.3) is 0 Å². The molecule has 0 aromatic heterocycles. The van der Waals surface area contributed by atoms with Gasteiger partial charge in [-0.2, -0.15) is 0 Å². The van der Waals surface area contributed by atoms with E-state index in [9.17, 15) is 20.4 Å². The number of rotatable bonds is 8. The lowest BCUT2D eigenvalue weighted by Crippen LogP contribution is -2.60. The minimum Gasteiger partial charge on any atom is -0.394 e. The summed E-state index contributed by atoms with van der Waals surface area (Å²) in [4.78, 5) is 0. The largest absolute Gasteiger partial charge is 0.394 e. The number of hydrogen-bond donors (Lipinski definition) is 4. The number of aliphatic hydroxyl groups is 4. The predicted molar refractivity (Wildman–Crippen MR) is 152 cm³/mol. The van der Waals surface area contributed by atoms with Gasteiger partial charge in [-0.25, -0.2) is 0 Å². The molecule has 0 amide bonds. The van der Waals surface area contributed by atoms with E-state index in [2.05, 4.69) is 40.7 Å². The quantitative estimate of drug-likeness (QED) is 0.311. The van der Waals surface area contributed by atoms with Crippen LogP contribution in [-0.4, -0.2) is 63.8 Å². The second-order valence-corrected chi connectivity index (χ2v) is 15.0. The van der Waals surface area contributed by atoms with Crippen molar-refractivity contribution in [1.82, 2.24) is 0 Å². The fourth-order valence-electron chi connectivity index (χ4n) is 10.1. The van der Waals surface area contributed by atoms with Gasteiger partial charge in [-0.15, -0.1) is 0 Å². The van der Waals surface area contributed by atoms with Crippen molar-refractivity contribution in [2.45, 2.75) is 142 Å². The molecular weight excluding hydrogens is 492 g/mol. The molecule has 3 saturated carbocycles. The summed E-state index contributed by atoms with van der Waals surface area (Å²) >= 11 is 0. The van der Waals surface area contributed by atoms with E-state index < -0.39 is 37.3 Å². The molecule has 5 aliphatic rings. The van der Waals surface area contributed by atoms with Crippen molar-refractivity contribution in [3.05, 3.63) is 11.6 Å². The third-order valence-electron chi connectivity index (χ3n) is 12.4. The number of ether oxygens (including phenoxy) is 2. The molecule has 39 heavy (non-hydrogen) atoms. The molecule has 0 aromatic rings. The summed E-state index contributed by atoms with van der Waals surface area (Å²) in [5.74, 6) is 4.87. The van der Waals surface area contributed by atoms with Crippen LogP contribution in [0.1, 0.15) is 105 Å². The zero-order valence-electron chi connectivity index (χ0n) is 25.1. The lowest BCUT2D eigenvalue weighted by Gasteiger charge is -2.58. The Balaban J connectivity index is 1.24. The third-order valence-corrected chi connectivity index (χ3v) is 12.4. The molecule has 13 atom stereocenters. The van der Waals surface area contributed by atoms with E-state index in [1.165, 1.54) is 56.9 Å². The topological polar surface area (TPSA) is 99.4 Å². The van der Waals surface area contributed by atoms with Gasteiger partial charge in [-0.3, -0.25) is 0 Å². The molecule has 1 aliphatic heterocycles. The maximum atomic E-state index is 10.5. The molecule has 5 rings (SSSR count). The number of aliphatic hydroxyl groups excluding tert-OH is 4. The summed E-state index contributed by atoms with van der Waals surface area (Å²) < 4.78 is 11.9. The van der Waals surface area contributed by atoms with Gasteiger partial charge >= 0.3 is 0 Å². The SMILES string of the molecule is CC(C)CCC[C@@H](C)[C@H]1CC[C@H]2[C@@H]3CC=C4CC(OC5O[C@H](CO)[C@H](O)[C@H](O)[C@H]5O)CC[C@]4(C)[C@H]3CC[C@]12C. The highest BCUT2D eigenvalue weighted by molar-refractivity contribution is 5.25. The lowest BCUT2D eigenvalue weighted by atomic mass is 9.47. The molecule has 224 valence electrons. The summed E-state index contributed by atoms with van der Waals surface area (Å²) in [6.07, 6.45) is 9.98. The van der Waals surface area contributed by atoms with Crippen LogP contribution in [0.15, 0.2) is 11.6 Å². The minimum atomic E-state index is -1.39. The van der Waals surface area contributed by atoms with Crippen molar-refractivity contribution >= 4 is 0 Å². The first kappa shape index (κ1) is 30.0. The minimum absolute atomic E-state index is 0.0984. The zero-order valence-corrected chi connectivity index (χ0v) is 25.1. The molecule has 2 unspecified atom stereocenters. The van der Waals surface area contributed by atoms with E-state index in [0.29, 0.717) is 5.41 Å². The average molecular weight is 549 g/mol. The molecular formula is C33H56O6. The summed E-state index contributed by atoms with van der Waals surface area (Å²) in [5.41, 5.74) is 2.20. The maximum absolute atomic E-state index is 10.5. The Labute approximate surface area is 236 Å². The highest BCUT2D eigenvalue weighted by Crippen LogP contribution is 2.67. The van der Waals surface area contributed by atoms with Gasteiger partial charge in [0.1, 0.15) is 24.4 Å². The molecule has 4 N–H and O–H groups in total. The summed E-state index contributed by atoms with van der Waals surface area (Å²) in [6.45, 7) is 12.0. The van der Waals surface area contributed by atoms with Gasteiger partial charge in [0.15, 0.2) is 6.29 Å². The average Bonchev–Trinajstić information content (AvgIpc) is 3.26. The zero-order chi connectivity index (χ0) is 28.1. The van der Waals surface area contributed by atoms with Crippen LogP contribution < -0.4 is 0 Å². The van der Waals surface area contributed by atoms with Crippen molar-refractivity contribution in [2.24, 2.45) is 46.3 Å². The molecule has 6 heteroatoms. The molecule has 4 aliphatic carbocycles. The molecule has 6 nitrogen and oxygen atoms in total. The Morgan fingerprint density at radius 1 is 0.949 bits per heavy atom. The fraction of sp³-hybridized carbons (Fsp3) is 0.939. The van der Waals surface area contributed by atoms with Gasteiger partial charge in [0.2, 0.25) is 0 Å². The second kappa shape index (κ2) is 11.6. The van der Waals surface area contributed by atoms with Crippen LogP contribution in [-0.2, 0) is 9.47 Å². The summed E-state index contributed by atoms with van der Waals surface area (Å²) in [7, 11) is 0. The first-order valence-corrected chi connectivity index (χ1v) is 16.1. The first-order chi connectivity index (χ1) is 18.5. The Hall–Kier alpha value is -0.500. The number of hydrogen-bond acceptors (Lipinski definition) is 6. The highest BCUT2D eigenvalue weighted by atomic mass is 16.7. The molecule has 0 aromatic carbocycles. The van der Waals surface area contributed by atoms with E-state index >= 15 is 0 Å². The molecule has 4 fully saturated rings. The van der Waals surface area contributed by atoms with Crippen molar-refractivity contribution in [1.29, 1.82) is 0 Å². The summed E-state index contributed by atoms with van der Waals surface area (Å²) in [6, 6.07) is 0. The molecule has 0 radical (unpaired) electrons. The molecule has 1 saturated heterocycles. The Kier molecular flexibility index (Phi) is 8.95. The Bertz CT molecular complexity index is 872. The maximum Gasteiger partial charge on any atom is 0.186 e. The lowest BCUT2D eigenvalue weighted by molar-refractivity contribution is -0.313. The van der Waals surface area contributed by atoms with Crippen LogP contribution in [0, 0.1) is 46.3 Å². The van der Waals surface area contributed by atoms with Gasteiger partial charge in [0.05, 0.1) is 12.7 Å².